The third-order valence-electron chi connectivity index (χ3n) is 6.80. The molecule has 1 aliphatic rings. The summed E-state index contributed by atoms with van der Waals surface area (Å²) in [6.07, 6.45) is 6.27. The number of benzene rings is 2. The van der Waals surface area contributed by atoms with Gasteiger partial charge in [0, 0.05) is 55.2 Å². The molecule has 0 radical (unpaired) electrons. The van der Waals surface area contributed by atoms with Gasteiger partial charge in [-0.25, -0.2) is 19.7 Å². The van der Waals surface area contributed by atoms with E-state index in [1.54, 1.807) is 18.6 Å². The van der Waals surface area contributed by atoms with Gasteiger partial charge in [0.15, 0.2) is 0 Å². The van der Waals surface area contributed by atoms with Crippen LogP contribution in [0.3, 0.4) is 0 Å². The van der Waals surface area contributed by atoms with Crippen molar-refractivity contribution in [3.8, 4) is 11.3 Å². The second kappa shape index (κ2) is 10.8. The molecule has 0 aliphatic carbocycles. The minimum atomic E-state index is -0.337. The van der Waals surface area contributed by atoms with Crippen molar-refractivity contribution in [1.29, 1.82) is 0 Å². The zero-order valence-corrected chi connectivity index (χ0v) is 21.4. The highest BCUT2D eigenvalue weighted by atomic mass is 16.2. The molecule has 0 bridgehead atoms. The van der Waals surface area contributed by atoms with E-state index in [1.165, 1.54) is 4.90 Å². The van der Waals surface area contributed by atoms with Crippen LogP contribution in [0.2, 0.25) is 0 Å². The van der Waals surface area contributed by atoms with Gasteiger partial charge in [-0.3, -0.25) is 4.98 Å². The fraction of sp³-hybridized carbons (Fsp3) is 0.241. The van der Waals surface area contributed by atoms with Gasteiger partial charge in [-0.15, -0.1) is 0 Å². The molecule has 3 heterocycles. The maximum absolute atomic E-state index is 13.7. The molecule has 1 saturated heterocycles. The highest BCUT2D eigenvalue weighted by Gasteiger charge is 2.25. The van der Waals surface area contributed by atoms with E-state index >= 15 is 0 Å². The Bertz CT molecular complexity index is 1360. The first-order valence-electron chi connectivity index (χ1n) is 12.4. The first-order valence-corrected chi connectivity index (χ1v) is 12.4. The SMILES string of the molecule is Cc1ccccc1N(C(=O)Nc1ccc(N(C)C2CCN(C)C2)cc1)c1nccc(-c2cccnc2)n1. The summed E-state index contributed by atoms with van der Waals surface area (Å²) in [6.45, 7) is 4.13. The van der Waals surface area contributed by atoms with Crippen LogP contribution in [0.15, 0.2) is 85.3 Å². The number of hydrogen-bond donors (Lipinski definition) is 1. The van der Waals surface area contributed by atoms with Gasteiger partial charge in [-0.05, 0) is 81.0 Å². The molecule has 1 aliphatic heterocycles. The Hall–Kier alpha value is -4.30. The minimum absolute atomic E-state index is 0.287. The summed E-state index contributed by atoms with van der Waals surface area (Å²) in [7, 11) is 4.28. The molecule has 37 heavy (non-hydrogen) atoms. The summed E-state index contributed by atoms with van der Waals surface area (Å²) >= 11 is 0. The molecule has 2 aromatic heterocycles. The Kier molecular flexibility index (Phi) is 7.09. The quantitative estimate of drug-likeness (QED) is 0.390. The molecular weight excluding hydrogens is 462 g/mol. The number of rotatable bonds is 6. The first kappa shape index (κ1) is 24.4. The average Bonchev–Trinajstić information content (AvgIpc) is 3.37. The van der Waals surface area contributed by atoms with E-state index in [2.05, 4.69) is 39.2 Å². The van der Waals surface area contributed by atoms with Crippen molar-refractivity contribution in [2.24, 2.45) is 0 Å². The molecule has 2 amide bonds. The second-order valence-corrected chi connectivity index (χ2v) is 9.40. The number of para-hydroxylation sites is 1. The summed E-state index contributed by atoms with van der Waals surface area (Å²) in [5.74, 6) is 0.287. The maximum atomic E-state index is 13.7. The van der Waals surface area contributed by atoms with Gasteiger partial charge in [0.1, 0.15) is 0 Å². The highest BCUT2D eigenvalue weighted by molar-refractivity contribution is 6.06. The number of likely N-dealkylation sites (tertiary alicyclic amines) is 1. The van der Waals surface area contributed by atoms with E-state index in [-0.39, 0.29) is 12.0 Å². The Balaban J connectivity index is 1.41. The predicted molar refractivity (Wildman–Crippen MR) is 148 cm³/mol. The number of aromatic nitrogens is 3. The van der Waals surface area contributed by atoms with Gasteiger partial charge >= 0.3 is 6.03 Å². The predicted octanol–water partition coefficient (Wildman–Crippen LogP) is 5.36. The largest absolute Gasteiger partial charge is 0.370 e. The lowest BCUT2D eigenvalue weighted by molar-refractivity contribution is 0.258. The number of aryl methyl sites for hydroxylation is 1. The number of carbonyl (C=O) groups excluding carboxylic acids is 1. The summed E-state index contributed by atoms with van der Waals surface area (Å²) < 4.78 is 0. The van der Waals surface area contributed by atoms with Crippen LogP contribution in [-0.2, 0) is 0 Å². The Morgan fingerprint density at radius 2 is 1.84 bits per heavy atom. The number of nitrogens with zero attached hydrogens (tertiary/aromatic N) is 6. The molecule has 8 nitrogen and oxygen atoms in total. The summed E-state index contributed by atoms with van der Waals surface area (Å²) in [6, 6.07) is 21.4. The lowest BCUT2D eigenvalue weighted by atomic mass is 10.2. The van der Waals surface area contributed by atoms with E-state index in [0.29, 0.717) is 23.1 Å². The Labute approximate surface area is 217 Å². The first-order chi connectivity index (χ1) is 18.0. The van der Waals surface area contributed by atoms with E-state index < -0.39 is 0 Å². The zero-order valence-electron chi connectivity index (χ0n) is 21.4. The highest BCUT2D eigenvalue weighted by Crippen LogP contribution is 2.29. The smallest absolute Gasteiger partial charge is 0.333 e. The number of nitrogens with one attached hydrogen (secondary N) is 1. The zero-order chi connectivity index (χ0) is 25.8. The van der Waals surface area contributed by atoms with E-state index in [9.17, 15) is 4.79 Å². The van der Waals surface area contributed by atoms with Crippen molar-refractivity contribution in [2.45, 2.75) is 19.4 Å². The third kappa shape index (κ3) is 5.44. The Morgan fingerprint density at radius 1 is 1.03 bits per heavy atom. The maximum Gasteiger partial charge on any atom is 0.333 e. The molecule has 0 spiro atoms. The van der Waals surface area contributed by atoms with E-state index in [4.69, 9.17) is 4.98 Å². The fourth-order valence-electron chi connectivity index (χ4n) is 4.65. The number of carbonyl (C=O) groups is 1. The minimum Gasteiger partial charge on any atom is -0.370 e. The molecule has 8 heteroatoms. The van der Waals surface area contributed by atoms with E-state index in [0.717, 1.165) is 36.3 Å². The van der Waals surface area contributed by atoms with Crippen LogP contribution in [0.1, 0.15) is 12.0 Å². The topological polar surface area (TPSA) is 77.5 Å². The lowest BCUT2D eigenvalue weighted by Gasteiger charge is -2.27. The van der Waals surface area contributed by atoms with Crippen molar-refractivity contribution in [3.63, 3.8) is 0 Å². The molecule has 2 aromatic carbocycles. The molecule has 1 unspecified atom stereocenters. The standard InChI is InChI=1S/C29H31N7O/c1-21-7-4-5-9-27(21)36(28-31-17-14-26(33-28)22-8-6-16-30-19-22)29(37)32-23-10-12-24(13-11-23)35(3)25-15-18-34(2)20-25/h4-14,16-17,19,25H,15,18,20H2,1-3H3,(H,32,37). The molecule has 1 N–H and O–H groups in total. The molecule has 1 atom stereocenters. The fourth-order valence-corrected chi connectivity index (χ4v) is 4.65. The number of hydrogen-bond acceptors (Lipinski definition) is 6. The molecule has 1 fully saturated rings. The van der Waals surface area contributed by atoms with Crippen molar-refractivity contribution < 1.29 is 4.79 Å². The van der Waals surface area contributed by atoms with Gasteiger partial charge in [-0.2, -0.15) is 0 Å². The van der Waals surface area contributed by atoms with Crippen molar-refractivity contribution in [2.75, 3.05) is 42.3 Å². The third-order valence-corrected chi connectivity index (χ3v) is 6.80. The number of pyridine rings is 1. The van der Waals surface area contributed by atoms with Crippen molar-refractivity contribution in [3.05, 3.63) is 90.9 Å². The van der Waals surface area contributed by atoms with Gasteiger partial charge < -0.3 is 15.1 Å². The van der Waals surface area contributed by atoms with Crippen LogP contribution in [0, 0.1) is 6.92 Å². The number of amides is 2. The van der Waals surface area contributed by atoms with Crippen LogP contribution < -0.4 is 15.1 Å². The molecular formula is C29H31N7O. The van der Waals surface area contributed by atoms with Crippen LogP contribution in [0.4, 0.5) is 27.8 Å². The lowest BCUT2D eigenvalue weighted by Crippen LogP contribution is -2.34. The van der Waals surface area contributed by atoms with Gasteiger partial charge in [0.05, 0.1) is 11.4 Å². The molecule has 188 valence electrons. The number of likely N-dealkylation sites (N-methyl/N-ethyl adjacent to an activating group) is 2. The summed E-state index contributed by atoms with van der Waals surface area (Å²) in [4.78, 5) is 33.2. The second-order valence-electron chi connectivity index (χ2n) is 9.40. The summed E-state index contributed by atoms with van der Waals surface area (Å²) in [5, 5.41) is 3.04. The van der Waals surface area contributed by atoms with Gasteiger partial charge in [0.25, 0.3) is 0 Å². The molecule has 0 saturated carbocycles. The number of urea groups is 1. The Morgan fingerprint density at radius 3 is 2.54 bits per heavy atom. The summed E-state index contributed by atoms with van der Waals surface area (Å²) in [5.41, 5.74) is 5.02. The number of anilines is 4. The molecule has 4 aromatic rings. The van der Waals surface area contributed by atoms with Crippen LogP contribution in [0.25, 0.3) is 11.3 Å². The van der Waals surface area contributed by atoms with Gasteiger partial charge in [-0.1, -0.05) is 18.2 Å². The van der Waals surface area contributed by atoms with E-state index in [1.807, 2.05) is 73.7 Å². The normalized spacial score (nSPS) is 15.4. The van der Waals surface area contributed by atoms with Crippen LogP contribution in [0.5, 0.6) is 0 Å². The van der Waals surface area contributed by atoms with Crippen molar-refractivity contribution >= 4 is 29.0 Å². The molecule has 5 rings (SSSR count). The van der Waals surface area contributed by atoms with Crippen LogP contribution >= 0.6 is 0 Å². The van der Waals surface area contributed by atoms with Gasteiger partial charge in [0.2, 0.25) is 5.95 Å². The monoisotopic (exact) mass is 493 g/mol. The van der Waals surface area contributed by atoms with Crippen LogP contribution in [-0.4, -0.2) is 59.1 Å². The average molecular weight is 494 g/mol. The van der Waals surface area contributed by atoms with Crippen molar-refractivity contribution in [1.82, 2.24) is 19.9 Å².